The molecule has 23 nitrogen and oxygen atoms in total. The van der Waals surface area contributed by atoms with Gasteiger partial charge >= 0.3 is 35.8 Å². The molecule has 528 valence electrons. The third-order valence-electron chi connectivity index (χ3n) is 21.3. The van der Waals surface area contributed by atoms with Crippen LogP contribution in [0.2, 0.25) is 0 Å². The number of aliphatic hydroxyl groups is 7. The monoisotopic (exact) mass is 1330 g/mol. The number of methoxy groups -OCH3 is 2. The largest absolute Gasteiger partial charge is 0.466 e. The minimum atomic E-state index is -2.47. The quantitative estimate of drug-likeness (QED) is 0.0355. The third-order valence-corrected chi connectivity index (χ3v) is 21.3. The Labute approximate surface area is 557 Å². The molecule has 1 spiro atoms. The van der Waals surface area contributed by atoms with Gasteiger partial charge in [-0.15, -0.1) is 0 Å². The number of unbranched alkanes of at least 4 members (excludes halogenated alkanes) is 1. The van der Waals surface area contributed by atoms with Gasteiger partial charge in [-0.1, -0.05) is 116 Å². The average molecular weight is 1340 g/mol. The van der Waals surface area contributed by atoms with Crippen LogP contribution in [0.4, 0.5) is 0 Å². The van der Waals surface area contributed by atoms with Gasteiger partial charge in [0.2, 0.25) is 5.79 Å². The van der Waals surface area contributed by atoms with Crippen LogP contribution in [0.1, 0.15) is 161 Å². The molecule has 19 atom stereocenters. The summed E-state index contributed by atoms with van der Waals surface area (Å²) >= 11 is 0. The summed E-state index contributed by atoms with van der Waals surface area (Å²) in [6.45, 7) is 22.0. The number of cyclic esters (lactones) is 1. The Kier molecular flexibility index (Phi) is 24.1. The molecular weight excluding hydrogens is 1230 g/mol. The van der Waals surface area contributed by atoms with E-state index in [-0.39, 0.29) is 79.1 Å². The number of rotatable bonds is 12. The standard InChI is InChI=1S/C47H68O17.C25H34O6/c1-10-11-12-13-14-15-39(51)62-43-31(22-41(53)58-9)21-34-25-37(28(2)48)61-42(54)24-32(50)23-35-26-38(59-29(3)49)45(6,7)46(55,63-35)27-36-19-30(20-40(52)57-8)18-33(60-36)16-17-44(4,5)47(43,56)64-34;1-7-12(2)22(29)31-21-13(3)10-24-14(4)8-17-18(23(17,5)6)16(20(24)28)9-15(11-26)19(27)25(21,24)30/h12-17,20,22,28,32-38,43,48,50,55-56H,10-11,18-19,21,23-27H2,1-9H3;7,9-10,14,16-19,21,26-27,30H,8,11H2,1-6H3/b13-12+,15-14+,17-16+,30-20+,31-22+;12-7-/t28-,32-,33?,34+,35-,36+,37-,38+,43+,46+,47-;14-,16+,17-,18+,19-,21+,24+,25+/m11/s1. The molecule has 0 aromatic heterocycles. The zero-order valence-corrected chi connectivity index (χ0v) is 57.7. The number of allylic oxidation sites excluding steroid dienone is 5. The van der Waals surface area contributed by atoms with Crippen molar-refractivity contribution in [3.05, 3.63) is 94.7 Å². The molecule has 8 rings (SSSR count). The Balaban J connectivity index is 0.000000340. The number of fused-ring (bicyclic) bond motifs is 9. The highest BCUT2D eigenvalue weighted by molar-refractivity contribution is 5.96. The van der Waals surface area contributed by atoms with Gasteiger partial charge in [-0.05, 0) is 99.7 Å². The molecule has 23 heteroatoms. The van der Waals surface area contributed by atoms with E-state index in [1.807, 2.05) is 19.9 Å². The topological polar surface area (TPSA) is 344 Å². The van der Waals surface area contributed by atoms with Crippen LogP contribution in [-0.2, 0) is 76.2 Å². The molecule has 0 aromatic rings. The van der Waals surface area contributed by atoms with Crippen LogP contribution in [0.5, 0.6) is 0 Å². The minimum absolute atomic E-state index is 0.0209. The van der Waals surface area contributed by atoms with Gasteiger partial charge in [0.25, 0.3) is 0 Å². The Bertz CT molecular complexity index is 3140. The predicted octanol–water partition coefficient (Wildman–Crippen LogP) is 6.61. The van der Waals surface area contributed by atoms with Gasteiger partial charge < -0.3 is 78.4 Å². The molecule has 3 saturated heterocycles. The van der Waals surface area contributed by atoms with Crippen LogP contribution < -0.4 is 0 Å². The maximum Gasteiger partial charge on any atom is 0.334 e. The van der Waals surface area contributed by atoms with Gasteiger partial charge in [-0.3, -0.25) is 14.4 Å². The SMILES string of the molecule is C/C=C(/C)C(=O)O[C@H]1C(C)=C[C@]23C(=O)[C@@H](C=C(CO)[C@@H](O)[C@]12O)[C@H]1[C@@H](C[C@H]3C)C1(C)C.CCC/C=C/C=C/C(=O)O[C@H]1/C(=C/C(=O)OC)C[C@H]2C[C@H]([C@@H](C)O)OC(=O)C[C@H](O)C[C@@H]3C[C@H](OC(C)=O)C(C)(C)[C@](O)(C[C@@H]4C/C(=C/C(=O)OC)CC(/C=C/C(C)(C)[C@]1(O)O2)O4)O3. The van der Waals surface area contributed by atoms with Crippen molar-refractivity contribution in [3.8, 4) is 0 Å². The lowest BCUT2D eigenvalue weighted by Gasteiger charge is -2.53. The summed E-state index contributed by atoms with van der Waals surface area (Å²) in [7, 11) is 2.40. The number of hydrogen-bond donors (Lipinski definition) is 7. The lowest BCUT2D eigenvalue weighted by molar-refractivity contribution is -0.348. The fourth-order valence-corrected chi connectivity index (χ4v) is 15.5. The van der Waals surface area contributed by atoms with Gasteiger partial charge in [-0.25, -0.2) is 19.2 Å². The number of carbonyl (C=O) groups excluding carboxylic acids is 7. The molecule has 7 N–H and O–H groups in total. The summed E-state index contributed by atoms with van der Waals surface area (Å²) in [5.41, 5.74) is -4.42. The second-order valence-electron chi connectivity index (χ2n) is 28.9. The zero-order valence-electron chi connectivity index (χ0n) is 57.7. The van der Waals surface area contributed by atoms with Crippen molar-refractivity contribution in [3.63, 3.8) is 0 Å². The number of carbonyl (C=O) groups is 7. The summed E-state index contributed by atoms with van der Waals surface area (Å²) in [5, 5.41) is 81.2. The number of ether oxygens (including phenoxy) is 9. The maximum absolute atomic E-state index is 14.2. The summed E-state index contributed by atoms with van der Waals surface area (Å²) in [6, 6.07) is 0. The Morgan fingerprint density at radius 3 is 2.11 bits per heavy atom. The van der Waals surface area contributed by atoms with Gasteiger partial charge in [0.15, 0.2) is 29.4 Å². The summed E-state index contributed by atoms with van der Waals surface area (Å²) < 4.78 is 52.4. The molecule has 0 radical (unpaired) electrons. The van der Waals surface area contributed by atoms with E-state index in [0.29, 0.717) is 22.6 Å². The van der Waals surface area contributed by atoms with Crippen LogP contribution in [0.3, 0.4) is 0 Å². The molecule has 0 aromatic carbocycles. The number of Topliss-reactive ketones (excluding diaryl/α,β-unsaturated/α-hetero) is 1. The van der Waals surface area contributed by atoms with Gasteiger partial charge in [0, 0.05) is 67.7 Å². The molecule has 4 heterocycles. The first-order valence-electron chi connectivity index (χ1n) is 33.1. The summed E-state index contributed by atoms with van der Waals surface area (Å²) in [6.07, 6.45) is 5.59. The molecule has 5 fully saturated rings. The lowest BCUT2D eigenvalue weighted by atomic mass is 9.59. The number of ketones is 1. The maximum atomic E-state index is 14.2. The molecule has 2 saturated carbocycles. The van der Waals surface area contributed by atoms with Crippen molar-refractivity contribution in [1.29, 1.82) is 0 Å². The van der Waals surface area contributed by atoms with Crippen LogP contribution >= 0.6 is 0 Å². The van der Waals surface area contributed by atoms with E-state index in [9.17, 15) is 69.3 Å². The van der Waals surface area contributed by atoms with Crippen LogP contribution in [0.15, 0.2) is 94.7 Å². The van der Waals surface area contributed by atoms with Gasteiger partial charge in [0.1, 0.15) is 18.3 Å². The van der Waals surface area contributed by atoms with E-state index in [1.54, 1.807) is 84.9 Å². The van der Waals surface area contributed by atoms with Crippen molar-refractivity contribution in [1.82, 2.24) is 0 Å². The zero-order chi connectivity index (χ0) is 70.7. The van der Waals surface area contributed by atoms with E-state index in [4.69, 9.17) is 42.6 Å². The van der Waals surface area contributed by atoms with Gasteiger partial charge in [0.05, 0.1) is 74.7 Å². The molecule has 95 heavy (non-hydrogen) atoms. The first-order valence-corrected chi connectivity index (χ1v) is 33.1. The van der Waals surface area contributed by atoms with Crippen molar-refractivity contribution >= 4 is 41.6 Å². The van der Waals surface area contributed by atoms with Gasteiger partial charge in [-0.2, -0.15) is 0 Å². The Morgan fingerprint density at radius 2 is 1.48 bits per heavy atom. The highest BCUT2D eigenvalue weighted by atomic mass is 16.7. The van der Waals surface area contributed by atoms with E-state index < -0.39 is 155 Å². The second kappa shape index (κ2) is 30.0. The minimum Gasteiger partial charge on any atom is -0.466 e. The second-order valence-corrected chi connectivity index (χ2v) is 28.9. The van der Waals surface area contributed by atoms with Crippen molar-refractivity contribution in [2.45, 2.75) is 245 Å². The van der Waals surface area contributed by atoms with Crippen molar-refractivity contribution < 1.29 is 112 Å². The summed E-state index contributed by atoms with van der Waals surface area (Å²) in [4.78, 5) is 91.5. The average Bonchev–Trinajstić information content (AvgIpc) is 1.50. The Morgan fingerprint density at radius 1 is 0.811 bits per heavy atom. The molecule has 8 bridgehead atoms. The molecule has 1 unspecified atom stereocenters. The third kappa shape index (κ3) is 15.6. The fraction of sp³-hybridized carbons (Fsp3) is 0.681. The highest BCUT2D eigenvalue weighted by Gasteiger charge is 2.76. The first-order chi connectivity index (χ1) is 44.3. The number of esters is 6. The predicted molar refractivity (Wildman–Crippen MR) is 343 cm³/mol. The van der Waals surface area contributed by atoms with E-state index >= 15 is 0 Å². The smallest absolute Gasteiger partial charge is 0.334 e. The highest BCUT2D eigenvalue weighted by Crippen LogP contribution is 2.72. The molecular formula is C72H102O23. The van der Waals surface area contributed by atoms with E-state index in [1.165, 1.54) is 33.1 Å². The fourth-order valence-electron chi connectivity index (χ4n) is 15.5. The molecule has 4 aliphatic carbocycles. The van der Waals surface area contributed by atoms with Crippen LogP contribution in [0, 0.1) is 45.3 Å². The van der Waals surface area contributed by atoms with E-state index in [2.05, 4.69) is 13.8 Å². The number of hydrogen-bond acceptors (Lipinski definition) is 23. The van der Waals surface area contributed by atoms with Crippen molar-refractivity contribution in [2.75, 3.05) is 20.8 Å². The molecule has 4 aliphatic heterocycles. The summed E-state index contributed by atoms with van der Waals surface area (Å²) in [5.74, 6) is -9.44. The molecule has 8 aliphatic rings. The lowest BCUT2D eigenvalue weighted by Crippen LogP contribution is -2.65. The van der Waals surface area contributed by atoms with Crippen LogP contribution in [-0.4, -0.2) is 182 Å². The van der Waals surface area contributed by atoms with E-state index in [0.717, 1.165) is 38.5 Å². The number of aliphatic hydroxyl groups excluding tert-OH is 4. The Hall–Kier alpha value is -5.99. The van der Waals surface area contributed by atoms with Crippen LogP contribution in [0.25, 0.3) is 0 Å². The molecule has 0 amide bonds. The normalized spacial score (nSPS) is 39.0. The first kappa shape index (κ1) is 76.4. The van der Waals surface area contributed by atoms with Crippen molar-refractivity contribution in [2.24, 2.45) is 45.3 Å².